The number of aromatic carboxylic acids is 1. The Bertz CT molecular complexity index is 290. The molecule has 68 valence electrons. The average molecular weight is 177 g/mol. The van der Waals surface area contributed by atoms with Crippen molar-refractivity contribution in [1.82, 2.24) is 4.90 Å². The summed E-state index contributed by atoms with van der Waals surface area (Å²) in [5.74, 6) is -0.906. The third-order valence-electron chi connectivity index (χ3n) is 1.48. The van der Waals surface area contributed by atoms with Crippen molar-refractivity contribution in [3.05, 3.63) is 41.9 Å². The molecule has 0 heterocycles. The molecule has 0 aromatic heterocycles. The summed E-state index contributed by atoms with van der Waals surface area (Å²) in [6.45, 7) is 3.01. The predicted octanol–water partition coefficient (Wildman–Crippen LogP) is 1.33. The van der Waals surface area contributed by atoms with Crippen LogP contribution in [0.15, 0.2) is 24.3 Å². The van der Waals surface area contributed by atoms with Gasteiger partial charge in [-0.25, -0.2) is 4.79 Å². The molecule has 0 aliphatic carbocycles. The highest BCUT2D eigenvalue weighted by atomic mass is 16.4. The van der Waals surface area contributed by atoms with Crippen LogP contribution in [0.5, 0.6) is 0 Å². The molecular weight excluding hydrogens is 166 g/mol. The van der Waals surface area contributed by atoms with E-state index < -0.39 is 5.97 Å². The first-order chi connectivity index (χ1) is 6.09. The highest BCUT2D eigenvalue weighted by molar-refractivity contribution is 5.87. The lowest BCUT2D eigenvalue weighted by atomic mass is 10.1. The molecule has 0 saturated carbocycles. The Morgan fingerprint density at radius 1 is 1.31 bits per heavy atom. The van der Waals surface area contributed by atoms with Crippen molar-refractivity contribution in [2.45, 2.75) is 0 Å². The van der Waals surface area contributed by atoms with Gasteiger partial charge in [0.1, 0.15) is 0 Å². The fourth-order valence-corrected chi connectivity index (χ4v) is 0.946. The zero-order valence-corrected chi connectivity index (χ0v) is 7.61. The summed E-state index contributed by atoms with van der Waals surface area (Å²) in [5, 5.41) is 8.63. The minimum atomic E-state index is -0.906. The third kappa shape index (κ3) is 2.87. The van der Waals surface area contributed by atoms with Crippen molar-refractivity contribution in [2.75, 3.05) is 14.1 Å². The van der Waals surface area contributed by atoms with E-state index in [9.17, 15) is 4.79 Å². The van der Waals surface area contributed by atoms with Gasteiger partial charge in [-0.1, -0.05) is 12.1 Å². The summed E-state index contributed by atoms with van der Waals surface area (Å²) < 4.78 is 0. The fraction of sp³-hybridized carbons (Fsp3) is 0.200. The van der Waals surface area contributed by atoms with E-state index in [4.69, 9.17) is 5.11 Å². The van der Waals surface area contributed by atoms with Crippen molar-refractivity contribution < 1.29 is 9.90 Å². The van der Waals surface area contributed by atoms with Gasteiger partial charge in [0.05, 0.1) is 12.1 Å². The first kappa shape index (κ1) is 9.74. The van der Waals surface area contributed by atoms with E-state index in [1.54, 1.807) is 29.2 Å². The lowest BCUT2D eigenvalue weighted by molar-refractivity contribution is 0.0697. The summed E-state index contributed by atoms with van der Waals surface area (Å²) >= 11 is 0. The van der Waals surface area contributed by atoms with Crippen LogP contribution in [-0.2, 0) is 0 Å². The third-order valence-corrected chi connectivity index (χ3v) is 1.48. The predicted molar refractivity (Wildman–Crippen MR) is 49.4 cm³/mol. The van der Waals surface area contributed by atoms with Crippen molar-refractivity contribution in [3.8, 4) is 0 Å². The summed E-state index contributed by atoms with van der Waals surface area (Å²) in [6, 6.07) is 6.58. The average Bonchev–Trinajstić information content (AvgIpc) is 2.04. The molecule has 0 aliphatic rings. The second-order valence-electron chi connectivity index (χ2n) is 2.89. The van der Waals surface area contributed by atoms with Crippen LogP contribution in [0.1, 0.15) is 15.9 Å². The van der Waals surface area contributed by atoms with Gasteiger partial charge in [-0.15, -0.1) is 0 Å². The van der Waals surface area contributed by atoms with E-state index in [1.807, 2.05) is 14.1 Å². The highest BCUT2D eigenvalue weighted by Gasteiger charge is 2.02. The summed E-state index contributed by atoms with van der Waals surface area (Å²) in [4.78, 5) is 12.3. The van der Waals surface area contributed by atoms with Crippen LogP contribution in [-0.4, -0.2) is 30.1 Å². The molecule has 3 nitrogen and oxygen atoms in total. The van der Waals surface area contributed by atoms with Gasteiger partial charge in [-0.3, -0.25) is 4.90 Å². The summed E-state index contributed by atoms with van der Waals surface area (Å²) in [6.07, 6.45) is 0. The van der Waals surface area contributed by atoms with Crippen LogP contribution in [0.25, 0.3) is 0 Å². The first-order valence-electron chi connectivity index (χ1n) is 3.87. The van der Waals surface area contributed by atoms with E-state index in [-0.39, 0.29) is 0 Å². The van der Waals surface area contributed by atoms with Gasteiger partial charge in [0.15, 0.2) is 0 Å². The second kappa shape index (κ2) is 4.05. The molecule has 1 aromatic carbocycles. The van der Waals surface area contributed by atoms with Crippen molar-refractivity contribution >= 4 is 5.97 Å². The molecule has 13 heavy (non-hydrogen) atoms. The Morgan fingerprint density at radius 2 is 1.85 bits per heavy atom. The Hall–Kier alpha value is -1.35. The molecule has 0 amide bonds. The zero-order chi connectivity index (χ0) is 9.84. The Morgan fingerprint density at radius 3 is 2.23 bits per heavy atom. The van der Waals surface area contributed by atoms with Crippen LogP contribution < -0.4 is 0 Å². The Labute approximate surface area is 77.6 Å². The monoisotopic (exact) mass is 177 g/mol. The lowest BCUT2D eigenvalue weighted by Crippen LogP contribution is -2.08. The van der Waals surface area contributed by atoms with Crippen LogP contribution in [0.4, 0.5) is 0 Å². The Kier molecular flexibility index (Phi) is 3.03. The number of carboxylic acids is 1. The summed E-state index contributed by atoms with van der Waals surface area (Å²) in [7, 11) is 3.73. The van der Waals surface area contributed by atoms with E-state index in [0.717, 1.165) is 5.56 Å². The van der Waals surface area contributed by atoms with Gasteiger partial charge in [-0.05, 0) is 31.8 Å². The smallest absolute Gasteiger partial charge is 0.335 e. The molecule has 1 aromatic rings. The maximum absolute atomic E-state index is 10.5. The van der Waals surface area contributed by atoms with E-state index in [0.29, 0.717) is 5.56 Å². The van der Waals surface area contributed by atoms with E-state index >= 15 is 0 Å². The second-order valence-corrected chi connectivity index (χ2v) is 2.89. The maximum Gasteiger partial charge on any atom is 0.335 e. The number of hydrogen-bond donors (Lipinski definition) is 1. The number of rotatable bonds is 3. The van der Waals surface area contributed by atoms with Gasteiger partial charge in [0, 0.05) is 0 Å². The van der Waals surface area contributed by atoms with Crippen LogP contribution in [0, 0.1) is 6.54 Å². The largest absolute Gasteiger partial charge is 0.478 e. The van der Waals surface area contributed by atoms with Gasteiger partial charge in [0.2, 0.25) is 0 Å². The quantitative estimate of drug-likeness (QED) is 0.708. The van der Waals surface area contributed by atoms with Crippen LogP contribution in [0.3, 0.4) is 0 Å². The number of hydrogen-bond acceptors (Lipinski definition) is 2. The zero-order valence-electron chi connectivity index (χ0n) is 7.61. The fourth-order valence-electron chi connectivity index (χ4n) is 0.946. The van der Waals surface area contributed by atoms with Crippen molar-refractivity contribution in [1.29, 1.82) is 0 Å². The van der Waals surface area contributed by atoms with Gasteiger partial charge >= 0.3 is 5.97 Å². The minimum absolute atomic E-state index is 0.296. The lowest BCUT2D eigenvalue weighted by Gasteiger charge is -2.07. The molecule has 0 saturated heterocycles. The van der Waals surface area contributed by atoms with E-state index in [2.05, 4.69) is 6.54 Å². The van der Waals surface area contributed by atoms with Crippen LogP contribution >= 0.6 is 0 Å². The molecule has 0 bridgehead atoms. The molecule has 1 rings (SSSR count). The topological polar surface area (TPSA) is 40.5 Å². The molecule has 0 aliphatic heterocycles. The maximum atomic E-state index is 10.5. The Balaban J connectivity index is 2.75. The van der Waals surface area contributed by atoms with E-state index in [1.165, 1.54) is 0 Å². The first-order valence-corrected chi connectivity index (χ1v) is 3.87. The molecule has 0 unspecified atom stereocenters. The van der Waals surface area contributed by atoms with Gasteiger partial charge < -0.3 is 5.11 Å². The normalized spacial score (nSPS) is 10.4. The minimum Gasteiger partial charge on any atom is -0.478 e. The summed E-state index contributed by atoms with van der Waals surface area (Å²) in [5.41, 5.74) is 1.17. The molecule has 3 heteroatoms. The number of nitrogens with zero attached hydrogens (tertiary/aromatic N) is 1. The molecular formula is C10H11NO2. The van der Waals surface area contributed by atoms with Crippen molar-refractivity contribution in [3.63, 3.8) is 0 Å². The molecule has 0 spiro atoms. The molecule has 0 atom stereocenters. The van der Waals surface area contributed by atoms with Crippen molar-refractivity contribution in [2.24, 2.45) is 0 Å². The molecule has 2 radical (unpaired) electrons. The number of carboxylic acid groups (broad SMARTS) is 1. The molecule has 0 fully saturated rings. The number of carbonyl (C=O) groups is 1. The van der Waals surface area contributed by atoms with Crippen LogP contribution in [0.2, 0.25) is 0 Å². The van der Waals surface area contributed by atoms with Gasteiger partial charge in [0.25, 0.3) is 0 Å². The highest BCUT2D eigenvalue weighted by Crippen LogP contribution is 2.07. The number of benzene rings is 1. The van der Waals surface area contributed by atoms with Gasteiger partial charge in [-0.2, -0.15) is 0 Å². The molecule has 1 N–H and O–H groups in total. The standard InChI is InChI=1S/C10H11NO2/c1-11(2)7-8-3-5-9(6-4-8)10(12)13/h3-6H,1-2H3,(H,12,13). The SMILES string of the molecule is CN(C)[C]c1ccc(C(=O)O)cc1.